The van der Waals surface area contributed by atoms with E-state index in [1.807, 2.05) is 18.2 Å². The summed E-state index contributed by atoms with van der Waals surface area (Å²) in [5.74, 6) is 1.93. The highest BCUT2D eigenvalue weighted by Gasteiger charge is 2.35. The molecule has 0 atom stereocenters. The van der Waals surface area contributed by atoms with E-state index >= 15 is 0 Å². The molecule has 0 amide bonds. The zero-order valence-electron chi connectivity index (χ0n) is 18.1. The Bertz CT molecular complexity index is 964. The van der Waals surface area contributed by atoms with E-state index < -0.39 is 0 Å². The second-order valence-corrected chi connectivity index (χ2v) is 7.96. The smallest absolute Gasteiger partial charge is 0.276 e. The van der Waals surface area contributed by atoms with Gasteiger partial charge in [0.1, 0.15) is 5.69 Å². The fourth-order valence-electron chi connectivity index (χ4n) is 4.20. The minimum Gasteiger partial charge on any atom is -0.357 e. The minimum atomic E-state index is 0.148. The lowest BCUT2D eigenvalue weighted by Crippen LogP contribution is -2.39. The van der Waals surface area contributed by atoms with Crippen LogP contribution in [0.5, 0.6) is 0 Å². The van der Waals surface area contributed by atoms with Crippen LogP contribution in [0.4, 0.5) is 0 Å². The summed E-state index contributed by atoms with van der Waals surface area (Å²) in [5.41, 5.74) is 2.24. The average Bonchev–Trinajstić information content (AvgIpc) is 3.49. The van der Waals surface area contributed by atoms with Crippen molar-refractivity contribution >= 4 is 5.96 Å². The Labute approximate surface area is 183 Å². The van der Waals surface area contributed by atoms with Crippen molar-refractivity contribution in [3.8, 4) is 11.6 Å². The molecular formula is C24H30N6O. The van der Waals surface area contributed by atoms with Gasteiger partial charge in [-0.3, -0.25) is 9.98 Å². The fourth-order valence-corrected chi connectivity index (χ4v) is 4.20. The van der Waals surface area contributed by atoms with E-state index in [1.54, 1.807) is 6.20 Å². The fraction of sp³-hybridized carbons (Fsp3) is 0.417. The monoisotopic (exact) mass is 418 g/mol. The summed E-state index contributed by atoms with van der Waals surface area (Å²) in [6.07, 6.45) is 7.28. The SMILES string of the molecule is CCNC(=NCC1(c2ccccc2)CCCC1)NCCc1noc(-c2ccccn2)n1. The molecule has 7 nitrogen and oxygen atoms in total. The van der Waals surface area contributed by atoms with Gasteiger partial charge in [0.05, 0.1) is 6.54 Å². The van der Waals surface area contributed by atoms with Crippen molar-refractivity contribution in [3.05, 3.63) is 66.1 Å². The van der Waals surface area contributed by atoms with Crippen LogP contribution in [0.2, 0.25) is 0 Å². The van der Waals surface area contributed by atoms with Gasteiger partial charge in [0, 0.05) is 31.1 Å². The second-order valence-electron chi connectivity index (χ2n) is 7.96. The highest BCUT2D eigenvalue weighted by molar-refractivity contribution is 5.79. The molecule has 162 valence electrons. The van der Waals surface area contributed by atoms with Crippen LogP contribution in [0.3, 0.4) is 0 Å². The molecule has 0 aliphatic heterocycles. The van der Waals surface area contributed by atoms with Crippen molar-refractivity contribution in [1.29, 1.82) is 0 Å². The zero-order chi connectivity index (χ0) is 21.4. The van der Waals surface area contributed by atoms with Crippen molar-refractivity contribution in [2.24, 2.45) is 4.99 Å². The van der Waals surface area contributed by atoms with Gasteiger partial charge >= 0.3 is 0 Å². The number of rotatable bonds is 8. The van der Waals surface area contributed by atoms with Crippen LogP contribution < -0.4 is 10.6 Å². The molecule has 0 spiro atoms. The summed E-state index contributed by atoms with van der Waals surface area (Å²) in [6.45, 7) is 4.36. The van der Waals surface area contributed by atoms with Gasteiger partial charge in [0.2, 0.25) is 0 Å². The summed E-state index contributed by atoms with van der Waals surface area (Å²) < 4.78 is 5.34. The number of hydrogen-bond donors (Lipinski definition) is 2. The summed E-state index contributed by atoms with van der Waals surface area (Å²) in [4.78, 5) is 13.6. The van der Waals surface area contributed by atoms with E-state index in [0.29, 0.717) is 30.4 Å². The molecule has 0 saturated heterocycles. The normalized spacial score (nSPS) is 15.7. The predicted molar refractivity (Wildman–Crippen MR) is 122 cm³/mol. The van der Waals surface area contributed by atoms with E-state index in [0.717, 1.165) is 19.0 Å². The number of guanidine groups is 1. The molecule has 3 aromatic rings. The first-order valence-corrected chi connectivity index (χ1v) is 11.1. The highest BCUT2D eigenvalue weighted by Crippen LogP contribution is 2.41. The quantitative estimate of drug-likeness (QED) is 0.428. The van der Waals surface area contributed by atoms with Crippen LogP contribution in [0.15, 0.2) is 64.2 Å². The molecule has 0 radical (unpaired) electrons. The van der Waals surface area contributed by atoms with Crippen LogP contribution in [0.1, 0.15) is 44.0 Å². The predicted octanol–water partition coefficient (Wildman–Crippen LogP) is 3.74. The second kappa shape index (κ2) is 10.2. The van der Waals surface area contributed by atoms with Gasteiger partial charge in [0.25, 0.3) is 5.89 Å². The maximum Gasteiger partial charge on any atom is 0.276 e. The number of aliphatic imine (C=N–C) groups is 1. The largest absolute Gasteiger partial charge is 0.357 e. The molecule has 0 bridgehead atoms. The first-order chi connectivity index (χ1) is 15.3. The van der Waals surface area contributed by atoms with Gasteiger partial charge in [-0.1, -0.05) is 54.4 Å². The van der Waals surface area contributed by atoms with Crippen LogP contribution in [-0.2, 0) is 11.8 Å². The van der Waals surface area contributed by atoms with E-state index in [4.69, 9.17) is 9.52 Å². The third-order valence-electron chi connectivity index (χ3n) is 5.82. The highest BCUT2D eigenvalue weighted by atomic mass is 16.5. The maximum absolute atomic E-state index is 5.34. The number of nitrogens with zero attached hydrogens (tertiary/aromatic N) is 4. The Balaban J connectivity index is 1.37. The lowest BCUT2D eigenvalue weighted by molar-refractivity contribution is 0.421. The minimum absolute atomic E-state index is 0.148. The number of benzene rings is 1. The number of hydrogen-bond acceptors (Lipinski definition) is 5. The molecule has 2 aromatic heterocycles. The molecule has 7 heteroatoms. The van der Waals surface area contributed by atoms with Crippen LogP contribution in [0.25, 0.3) is 11.6 Å². The van der Waals surface area contributed by atoms with Crippen molar-refractivity contribution in [3.63, 3.8) is 0 Å². The summed E-state index contributed by atoms with van der Waals surface area (Å²) in [7, 11) is 0. The summed E-state index contributed by atoms with van der Waals surface area (Å²) in [5, 5.41) is 10.8. The van der Waals surface area contributed by atoms with Crippen LogP contribution in [0, 0.1) is 0 Å². The first-order valence-electron chi connectivity index (χ1n) is 11.1. The van der Waals surface area contributed by atoms with E-state index in [2.05, 4.69) is 63.0 Å². The maximum atomic E-state index is 5.34. The molecule has 4 rings (SSSR count). The standard InChI is InChI=1S/C24H30N6O/c1-2-25-23(28-18-24(14-7-8-15-24)19-10-4-3-5-11-19)27-17-13-21-29-22(31-30-21)20-12-6-9-16-26-20/h3-6,9-12,16H,2,7-8,13-15,17-18H2,1H3,(H2,25,27,28). The number of nitrogens with one attached hydrogen (secondary N) is 2. The Hall–Kier alpha value is -3.22. The summed E-state index contributed by atoms with van der Waals surface area (Å²) >= 11 is 0. The van der Waals surface area contributed by atoms with Crippen molar-refractivity contribution in [2.75, 3.05) is 19.6 Å². The van der Waals surface area contributed by atoms with Gasteiger partial charge in [-0.2, -0.15) is 4.98 Å². The molecule has 1 fully saturated rings. The van der Waals surface area contributed by atoms with Gasteiger partial charge < -0.3 is 15.2 Å². The molecule has 2 heterocycles. The van der Waals surface area contributed by atoms with Gasteiger partial charge in [-0.15, -0.1) is 0 Å². The lowest BCUT2D eigenvalue weighted by Gasteiger charge is -2.28. The van der Waals surface area contributed by atoms with Gasteiger partial charge in [-0.05, 0) is 37.5 Å². The third-order valence-corrected chi connectivity index (χ3v) is 5.82. The molecule has 2 N–H and O–H groups in total. The Morgan fingerprint density at radius 1 is 1.06 bits per heavy atom. The summed E-state index contributed by atoms with van der Waals surface area (Å²) in [6, 6.07) is 16.5. The van der Waals surface area contributed by atoms with Gasteiger partial charge in [-0.25, -0.2) is 0 Å². The van der Waals surface area contributed by atoms with Gasteiger partial charge in [0.15, 0.2) is 11.8 Å². The zero-order valence-corrected chi connectivity index (χ0v) is 18.1. The van der Waals surface area contributed by atoms with E-state index in [9.17, 15) is 0 Å². The van der Waals surface area contributed by atoms with E-state index in [1.165, 1.54) is 31.2 Å². The molecule has 1 saturated carbocycles. The molecule has 31 heavy (non-hydrogen) atoms. The Morgan fingerprint density at radius 2 is 1.87 bits per heavy atom. The Morgan fingerprint density at radius 3 is 2.61 bits per heavy atom. The average molecular weight is 419 g/mol. The van der Waals surface area contributed by atoms with Crippen molar-refractivity contribution in [2.45, 2.75) is 44.4 Å². The number of aromatic nitrogens is 3. The van der Waals surface area contributed by atoms with Crippen molar-refractivity contribution in [1.82, 2.24) is 25.8 Å². The molecular weight excluding hydrogens is 388 g/mol. The number of pyridine rings is 1. The first kappa shape index (κ1) is 21.0. The molecule has 0 unspecified atom stereocenters. The van der Waals surface area contributed by atoms with Crippen LogP contribution >= 0.6 is 0 Å². The molecule has 1 aromatic carbocycles. The Kier molecular flexibility index (Phi) is 6.92. The molecule has 1 aliphatic rings. The third kappa shape index (κ3) is 5.29. The topological polar surface area (TPSA) is 88.2 Å². The van der Waals surface area contributed by atoms with Crippen LogP contribution in [-0.4, -0.2) is 40.7 Å². The molecule has 1 aliphatic carbocycles. The lowest BCUT2D eigenvalue weighted by atomic mass is 9.79. The van der Waals surface area contributed by atoms with E-state index in [-0.39, 0.29) is 5.41 Å². The van der Waals surface area contributed by atoms with Crippen molar-refractivity contribution < 1.29 is 4.52 Å².